The van der Waals surface area contributed by atoms with E-state index in [0.29, 0.717) is 34.4 Å². The third kappa shape index (κ3) is 6.86. The Morgan fingerprint density at radius 3 is 2.39 bits per heavy atom. The molecule has 0 saturated heterocycles. The summed E-state index contributed by atoms with van der Waals surface area (Å²) in [5.74, 6) is -0.239. The number of hydrogen-bond acceptors (Lipinski definition) is 7. The molecule has 0 saturated carbocycles. The van der Waals surface area contributed by atoms with Crippen LogP contribution in [0.3, 0.4) is 0 Å². The van der Waals surface area contributed by atoms with Crippen molar-refractivity contribution in [2.45, 2.75) is 25.5 Å². The molecule has 0 unspecified atom stereocenters. The number of thioether (sulfide) groups is 1. The van der Waals surface area contributed by atoms with Crippen molar-refractivity contribution in [2.24, 2.45) is 0 Å². The molecule has 194 valence electrons. The number of amides is 2. The van der Waals surface area contributed by atoms with Crippen LogP contribution in [0.5, 0.6) is 0 Å². The lowest BCUT2D eigenvalue weighted by molar-refractivity contribution is -0.113. The second kappa shape index (κ2) is 12.7. The Hall–Kier alpha value is -4.44. The van der Waals surface area contributed by atoms with E-state index in [1.54, 1.807) is 37.3 Å². The minimum Gasteiger partial charge on any atom is -0.462 e. The lowest BCUT2D eigenvalue weighted by Crippen LogP contribution is -2.24. The number of hydrogen-bond donors (Lipinski definition) is 2. The van der Waals surface area contributed by atoms with E-state index in [1.165, 1.54) is 11.8 Å². The summed E-state index contributed by atoms with van der Waals surface area (Å²) in [6.45, 7) is 4.13. The van der Waals surface area contributed by atoms with Crippen LogP contribution in [-0.4, -0.2) is 44.9 Å². The SMILES string of the molecule is CCOC(=O)c1ccc(NC(=O)CSc2nnc(CNC(=O)c3cccc(C)c3)n2-c2ccccc2)cc1. The van der Waals surface area contributed by atoms with Crippen molar-refractivity contribution in [3.8, 4) is 5.69 Å². The molecule has 0 atom stereocenters. The van der Waals surface area contributed by atoms with Gasteiger partial charge in [0.05, 0.1) is 24.5 Å². The van der Waals surface area contributed by atoms with Gasteiger partial charge in [-0.2, -0.15) is 0 Å². The van der Waals surface area contributed by atoms with Crippen LogP contribution in [0.4, 0.5) is 5.69 Å². The lowest BCUT2D eigenvalue weighted by atomic mass is 10.1. The second-order valence-corrected chi connectivity index (χ2v) is 9.20. The van der Waals surface area contributed by atoms with Gasteiger partial charge < -0.3 is 15.4 Å². The van der Waals surface area contributed by atoms with Gasteiger partial charge in [0.15, 0.2) is 11.0 Å². The van der Waals surface area contributed by atoms with E-state index in [4.69, 9.17) is 4.74 Å². The molecule has 0 aliphatic heterocycles. The van der Waals surface area contributed by atoms with Crippen LogP contribution in [-0.2, 0) is 16.1 Å². The van der Waals surface area contributed by atoms with Crippen LogP contribution >= 0.6 is 11.8 Å². The van der Waals surface area contributed by atoms with E-state index in [-0.39, 0.29) is 24.1 Å². The zero-order chi connectivity index (χ0) is 26.9. The number of rotatable bonds is 10. The highest BCUT2D eigenvalue weighted by atomic mass is 32.2. The maximum Gasteiger partial charge on any atom is 0.338 e. The molecule has 0 spiro atoms. The minimum absolute atomic E-state index is 0.0836. The van der Waals surface area contributed by atoms with Crippen LogP contribution in [0, 0.1) is 6.92 Å². The Balaban J connectivity index is 1.43. The molecule has 10 heteroatoms. The number of aryl methyl sites for hydroxylation is 1. The molecule has 4 rings (SSSR count). The van der Waals surface area contributed by atoms with Gasteiger partial charge in [0.1, 0.15) is 0 Å². The number of nitrogens with zero attached hydrogens (tertiary/aromatic N) is 3. The van der Waals surface area contributed by atoms with E-state index >= 15 is 0 Å². The fraction of sp³-hybridized carbons (Fsp3) is 0.179. The first kappa shape index (κ1) is 26.6. The molecule has 1 aromatic heterocycles. The highest BCUT2D eigenvalue weighted by Crippen LogP contribution is 2.22. The van der Waals surface area contributed by atoms with Crippen molar-refractivity contribution < 1.29 is 19.1 Å². The Bertz CT molecular complexity index is 1420. The number of carbonyl (C=O) groups is 3. The number of carbonyl (C=O) groups excluding carboxylic acids is 3. The molecule has 4 aromatic rings. The molecule has 1 heterocycles. The minimum atomic E-state index is -0.410. The average molecular weight is 530 g/mol. The topological polar surface area (TPSA) is 115 Å². The fourth-order valence-corrected chi connectivity index (χ4v) is 4.39. The predicted molar refractivity (Wildman–Crippen MR) is 145 cm³/mol. The Morgan fingerprint density at radius 2 is 1.68 bits per heavy atom. The van der Waals surface area contributed by atoms with Crippen LogP contribution in [0.1, 0.15) is 39.0 Å². The van der Waals surface area contributed by atoms with Crippen molar-refractivity contribution in [1.82, 2.24) is 20.1 Å². The van der Waals surface area contributed by atoms with Gasteiger partial charge in [0, 0.05) is 16.9 Å². The van der Waals surface area contributed by atoms with Gasteiger partial charge in [-0.15, -0.1) is 10.2 Å². The Morgan fingerprint density at radius 1 is 0.921 bits per heavy atom. The molecule has 0 radical (unpaired) electrons. The van der Waals surface area contributed by atoms with Crippen molar-refractivity contribution >= 4 is 35.2 Å². The monoisotopic (exact) mass is 529 g/mol. The highest BCUT2D eigenvalue weighted by Gasteiger charge is 2.17. The van der Waals surface area contributed by atoms with E-state index < -0.39 is 5.97 Å². The molecule has 0 aliphatic carbocycles. The Kier molecular flexibility index (Phi) is 8.89. The predicted octanol–water partition coefficient (Wildman–Crippen LogP) is 4.41. The Labute approximate surface area is 224 Å². The number of benzene rings is 3. The van der Waals surface area contributed by atoms with Crippen molar-refractivity contribution in [3.05, 3.63) is 101 Å². The zero-order valence-electron chi connectivity index (χ0n) is 21.0. The average Bonchev–Trinajstić information content (AvgIpc) is 3.34. The number of esters is 1. The summed E-state index contributed by atoms with van der Waals surface area (Å²) in [7, 11) is 0. The second-order valence-electron chi connectivity index (χ2n) is 8.26. The van der Waals surface area contributed by atoms with Gasteiger partial charge in [0.25, 0.3) is 5.91 Å². The van der Waals surface area contributed by atoms with Crippen molar-refractivity contribution in [3.63, 3.8) is 0 Å². The van der Waals surface area contributed by atoms with E-state index in [2.05, 4.69) is 20.8 Å². The molecule has 0 aliphatic rings. The summed E-state index contributed by atoms with van der Waals surface area (Å²) in [5.41, 5.74) is 3.36. The number of aromatic nitrogens is 3. The molecule has 38 heavy (non-hydrogen) atoms. The molecular formula is C28H27N5O4S. The van der Waals surface area contributed by atoms with Crippen LogP contribution in [0.2, 0.25) is 0 Å². The van der Waals surface area contributed by atoms with Gasteiger partial charge in [-0.1, -0.05) is 47.7 Å². The van der Waals surface area contributed by atoms with Crippen LogP contribution in [0.25, 0.3) is 5.69 Å². The molecule has 2 amide bonds. The largest absolute Gasteiger partial charge is 0.462 e. The van der Waals surface area contributed by atoms with Crippen LogP contribution < -0.4 is 10.6 Å². The summed E-state index contributed by atoms with van der Waals surface area (Å²) < 4.78 is 6.80. The molecule has 2 N–H and O–H groups in total. The summed E-state index contributed by atoms with van der Waals surface area (Å²) in [4.78, 5) is 37.1. The fourth-order valence-electron chi connectivity index (χ4n) is 3.62. The van der Waals surface area contributed by atoms with Gasteiger partial charge in [-0.3, -0.25) is 14.2 Å². The lowest BCUT2D eigenvalue weighted by Gasteiger charge is -2.11. The van der Waals surface area contributed by atoms with Gasteiger partial charge >= 0.3 is 5.97 Å². The zero-order valence-corrected chi connectivity index (χ0v) is 21.8. The van der Waals surface area contributed by atoms with Crippen LogP contribution in [0.15, 0.2) is 84.0 Å². The van der Waals surface area contributed by atoms with Gasteiger partial charge in [-0.25, -0.2) is 4.79 Å². The van der Waals surface area contributed by atoms with E-state index in [9.17, 15) is 14.4 Å². The first-order chi connectivity index (χ1) is 18.4. The summed E-state index contributed by atoms with van der Waals surface area (Å²) >= 11 is 1.23. The number of anilines is 1. The molecule has 0 fully saturated rings. The quantitative estimate of drug-likeness (QED) is 0.231. The normalized spacial score (nSPS) is 10.6. The first-order valence-corrected chi connectivity index (χ1v) is 13.0. The smallest absolute Gasteiger partial charge is 0.338 e. The highest BCUT2D eigenvalue weighted by molar-refractivity contribution is 7.99. The molecular weight excluding hydrogens is 502 g/mol. The van der Waals surface area contributed by atoms with E-state index in [1.807, 2.05) is 60.0 Å². The number of para-hydroxylation sites is 1. The maximum atomic E-state index is 12.7. The summed E-state index contributed by atoms with van der Waals surface area (Å²) in [6.07, 6.45) is 0. The molecule has 3 aromatic carbocycles. The van der Waals surface area contributed by atoms with E-state index in [0.717, 1.165) is 11.3 Å². The molecule has 0 bridgehead atoms. The summed E-state index contributed by atoms with van der Waals surface area (Å²) in [5, 5.41) is 14.8. The third-order valence-corrected chi connectivity index (χ3v) is 6.34. The third-order valence-electron chi connectivity index (χ3n) is 5.41. The van der Waals surface area contributed by atoms with Crippen molar-refractivity contribution in [1.29, 1.82) is 0 Å². The number of ether oxygens (including phenoxy) is 1. The van der Waals surface area contributed by atoms with Gasteiger partial charge in [-0.05, 0) is 62.4 Å². The van der Waals surface area contributed by atoms with Crippen molar-refractivity contribution in [2.75, 3.05) is 17.7 Å². The molecule has 9 nitrogen and oxygen atoms in total. The standard InChI is InChI=1S/C28H27N5O4S/c1-3-37-27(36)20-12-14-22(15-13-20)30-25(34)18-38-28-32-31-24(33(28)23-10-5-4-6-11-23)17-29-26(35)21-9-7-8-19(2)16-21/h4-16H,3,17-18H2,1-2H3,(H,29,35)(H,30,34). The van der Waals surface area contributed by atoms with Gasteiger partial charge in [0.2, 0.25) is 5.91 Å². The first-order valence-electron chi connectivity index (χ1n) is 12.0. The summed E-state index contributed by atoms with van der Waals surface area (Å²) in [6, 6.07) is 23.4. The number of nitrogens with one attached hydrogen (secondary N) is 2. The maximum absolute atomic E-state index is 12.7.